The van der Waals surface area contributed by atoms with Crippen molar-refractivity contribution in [2.24, 2.45) is 0 Å². The number of hydrogen-bond donors (Lipinski definition) is 0. The number of ether oxygens (including phenoxy) is 3. The molecule has 0 aromatic rings. The second-order valence-corrected chi connectivity index (χ2v) is 2.59. The molecular formula is C10H18O4. The topological polar surface area (TPSA) is 44.8 Å². The summed E-state index contributed by atoms with van der Waals surface area (Å²) in [4.78, 5) is 10.7. The summed E-state index contributed by atoms with van der Waals surface area (Å²) in [6.45, 7) is 9.59. The summed E-state index contributed by atoms with van der Waals surface area (Å²) in [6, 6.07) is 0. The third-order valence-corrected chi connectivity index (χ3v) is 1.46. The average Bonchev–Trinajstić information content (AvgIpc) is 2.13. The summed E-state index contributed by atoms with van der Waals surface area (Å²) in [5, 5.41) is 0. The van der Waals surface area contributed by atoms with Gasteiger partial charge in [-0.3, -0.25) is 4.79 Å². The number of carbonyl (C=O) groups is 1. The van der Waals surface area contributed by atoms with E-state index in [0.717, 1.165) is 0 Å². The lowest BCUT2D eigenvalue weighted by Crippen LogP contribution is -2.33. The minimum Gasteiger partial charge on any atom is -0.453 e. The molecule has 0 bridgehead atoms. The zero-order valence-electron chi connectivity index (χ0n) is 8.99. The Balaban J connectivity index is 4.24. The highest BCUT2D eigenvalue weighted by atomic mass is 16.7. The van der Waals surface area contributed by atoms with E-state index in [9.17, 15) is 4.79 Å². The molecule has 0 aromatic carbocycles. The van der Waals surface area contributed by atoms with Gasteiger partial charge in [0.1, 0.15) is 0 Å². The Labute approximate surface area is 84.8 Å². The first-order valence-electron chi connectivity index (χ1n) is 4.68. The molecule has 0 N–H and O–H groups in total. The van der Waals surface area contributed by atoms with Crippen LogP contribution in [0.5, 0.6) is 0 Å². The molecule has 14 heavy (non-hydrogen) atoms. The van der Waals surface area contributed by atoms with E-state index in [-0.39, 0.29) is 5.97 Å². The Kier molecular flexibility index (Phi) is 7.06. The Bertz CT molecular complexity index is 173. The summed E-state index contributed by atoms with van der Waals surface area (Å²) in [5.41, 5.74) is 0. The van der Waals surface area contributed by atoms with Gasteiger partial charge in [0.05, 0.1) is 0 Å². The molecule has 0 aromatic heterocycles. The van der Waals surface area contributed by atoms with Crippen molar-refractivity contribution in [2.75, 3.05) is 13.2 Å². The van der Waals surface area contributed by atoms with E-state index >= 15 is 0 Å². The number of rotatable bonds is 7. The molecule has 0 saturated carbocycles. The van der Waals surface area contributed by atoms with Gasteiger partial charge in [-0.2, -0.15) is 0 Å². The zero-order valence-corrected chi connectivity index (χ0v) is 8.99. The first-order chi connectivity index (χ1) is 6.65. The van der Waals surface area contributed by atoms with Gasteiger partial charge in [-0.15, -0.1) is 0 Å². The van der Waals surface area contributed by atoms with E-state index in [1.54, 1.807) is 0 Å². The standard InChI is InChI=1S/C10H18O4/c1-5-9(14-8(4)11)10(12-6-2)13-7-3/h5,9-10H,1,6-7H2,2-4H3/t9-/m1/s1. The van der Waals surface area contributed by atoms with Crippen LogP contribution in [-0.2, 0) is 19.0 Å². The third-order valence-electron chi connectivity index (χ3n) is 1.46. The van der Waals surface area contributed by atoms with Gasteiger partial charge in [0.25, 0.3) is 0 Å². The number of hydrogen-bond acceptors (Lipinski definition) is 4. The smallest absolute Gasteiger partial charge is 0.303 e. The molecule has 0 aliphatic carbocycles. The first-order valence-corrected chi connectivity index (χ1v) is 4.68. The molecule has 0 amide bonds. The lowest BCUT2D eigenvalue weighted by molar-refractivity contribution is -0.195. The number of carbonyl (C=O) groups excluding carboxylic acids is 1. The molecule has 0 aliphatic rings. The maximum atomic E-state index is 10.7. The maximum Gasteiger partial charge on any atom is 0.303 e. The third kappa shape index (κ3) is 4.99. The van der Waals surface area contributed by atoms with Gasteiger partial charge >= 0.3 is 5.97 Å². The lowest BCUT2D eigenvalue weighted by atomic mass is 10.3. The maximum absolute atomic E-state index is 10.7. The van der Waals surface area contributed by atoms with Gasteiger partial charge in [-0.1, -0.05) is 6.58 Å². The van der Waals surface area contributed by atoms with E-state index < -0.39 is 12.4 Å². The summed E-state index contributed by atoms with van der Waals surface area (Å²) >= 11 is 0. The van der Waals surface area contributed by atoms with Gasteiger partial charge in [0.15, 0.2) is 12.4 Å². The molecule has 0 unspecified atom stereocenters. The SMILES string of the molecule is C=C[C@@H](OC(C)=O)C(OCC)OCC. The molecule has 0 aliphatic heterocycles. The van der Waals surface area contributed by atoms with Crippen LogP contribution in [0.2, 0.25) is 0 Å². The van der Waals surface area contributed by atoms with Gasteiger partial charge in [0, 0.05) is 20.1 Å². The highest BCUT2D eigenvalue weighted by Crippen LogP contribution is 2.07. The van der Waals surface area contributed by atoms with Crippen molar-refractivity contribution in [3.8, 4) is 0 Å². The van der Waals surface area contributed by atoms with Crippen molar-refractivity contribution >= 4 is 5.97 Å². The van der Waals surface area contributed by atoms with Crippen LogP contribution in [0, 0.1) is 0 Å². The van der Waals surface area contributed by atoms with Crippen molar-refractivity contribution in [1.82, 2.24) is 0 Å². The van der Waals surface area contributed by atoms with Crippen LogP contribution in [0.15, 0.2) is 12.7 Å². The van der Waals surface area contributed by atoms with Crippen LogP contribution in [0.3, 0.4) is 0 Å². The van der Waals surface area contributed by atoms with E-state index in [0.29, 0.717) is 13.2 Å². The molecule has 4 heteroatoms. The van der Waals surface area contributed by atoms with Crippen LogP contribution in [0.1, 0.15) is 20.8 Å². The normalized spacial score (nSPS) is 12.6. The highest BCUT2D eigenvalue weighted by molar-refractivity contribution is 5.66. The van der Waals surface area contributed by atoms with Crippen LogP contribution < -0.4 is 0 Å². The quantitative estimate of drug-likeness (QED) is 0.356. The second kappa shape index (κ2) is 7.53. The van der Waals surface area contributed by atoms with Gasteiger partial charge in [0.2, 0.25) is 0 Å². The van der Waals surface area contributed by atoms with Crippen LogP contribution in [0.4, 0.5) is 0 Å². The summed E-state index contributed by atoms with van der Waals surface area (Å²) < 4.78 is 15.5. The van der Waals surface area contributed by atoms with Crippen molar-refractivity contribution in [2.45, 2.75) is 33.2 Å². The summed E-state index contributed by atoms with van der Waals surface area (Å²) in [7, 11) is 0. The Morgan fingerprint density at radius 1 is 1.36 bits per heavy atom. The average molecular weight is 202 g/mol. The molecule has 0 spiro atoms. The van der Waals surface area contributed by atoms with E-state index in [1.807, 2.05) is 13.8 Å². The van der Waals surface area contributed by atoms with Crippen LogP contribution in [-0.4, -0.2) is 31.6 Å². The molecule has 0 heterocycles. The zero-order chi connectivity index (χ0) is 11.0. The fourth-order valence-electron chi connectivity index (χ4n) is 0.973. The van der Waals surface area contributed by atoms with Crippen LogP contribution in [0.25, 0.3) is 0 Å². The Hall–Kier alpha value is -0.870. The molecule has 0 rings (SSSR count). The molecule has 0 saturated heterocycles. The van der Waals surface area contributed by atoms with Gasteiger partial charge < -0.3 is 14.2 Å². The monoisotopic (exact) mass is 202 g/mol. The van der Waals surface area contributed by atoms with Crippen molar-refractivity contribution in [3.05, 3.63) is 12.7 Å². The predicted octanol–water partition coefficient (Wildman–Crippen LogP) is 1.50. The van der Waals surface area contributed by atoms with Crippen molar-refractivity contribution < 1.29 is 19.0 Å². The van der Waals surface area contributed by atoms with Crippen molar-refractivity contribution in [3.63, 3.8) is 0 Å². The minimum absolute atomic E-state index is 0.376. The fourth-order valence-corrected chi connectivity index (χ4v) is 0.973. The minimum atomic E-state index is -0.564. The van der Waals surface area contributed by atoms with E-state index in [2.05, 4.69) is 6.58 Å². The molecule has 4 nitrogen and oxygen atoms in total. The second-order valence-electron chi connectivity index (χ2n) is 2.59. The number of esters is 1. The van der Waals surface area contributed by atoms with Crippen LogP contribution >= 0.6 is 0 Å². The molecule has 1 atom stereocenters. The molecule has 82 valence electrons. The fraction of sp³-hybridized carbons (Fsp3) is 0.700. The van der Waals surface area contributed by atoms with Crippen molar-refractivity contribution in [1.29, 1.82) is 0 Å². The van der Waals surface area contributed by atoms with Gasteiger partial charge in [-0.25, -0.2) is 0 Å². The molecule has 0 fully saturated rings. The van der Waals surface area contributed by atoms with E-state index in [4.69, 9.17) is 14.2 Å². The van der Waals surface area contributed by atoms with E-state index in [1.165, 1.54) is 13.0 Å². The Morgan fingerprint density at radius 2 is 1.86 bits per heavy atom. The molecule has 0 radical (unpaired) electrons. The summed E-state index contributed by atoms with van der Waals surface area (Å²) in [5.74, 6) is -0.376. The largest absolute Gasteiger partial charge is 0.453 e. The predicted molar refractivity (Wildman–Crippen MR) is 52.8 cm³/mol. The lowest BCUT2D eigenvalue weighted by Gasteiger charge is -2.23. The Morgan fingerprint density at radius 3 is 2.14 bits per heavy atom. The first kappa shape index (κ1) is 13.1. The summed E-state index contributed by atoms with van der Waals surface area (Å²) in [6.07, 6.45) is 0.385. The molecular weight excluding hydrogens is 184 g/mol. The highest BCUT2D eigenvalue weighted by Gasteiger charge is 2.21. The van der Waals surface area contributed by atoms with Gasteiger partial charge in [-0.05, 0) is 19.9 Å².